The third-order valence-corrected chi connectivity index (χ3v) is 5.37. The second kappa shape index (κ2) is 6.16. The van der Waals surface area contributed by atoms with E-state index in [9.17, 15) is 14.7 Å². The fraction of sp³-hybridized carbons (Fsp3) is 0.875. The maximum absolute atomic E-state index is 12.7. The number of hydrogen-bond donors (Lipinski definition) is 1. The third kappa shape index (κ3) is 2.86. The number of nitrogens with zero attached hydrogens (tertiary/aromatic N) is 2. The zero-order chi connectivity index (χ0) is 15.7. The van der Waals surface area contributed by atoms with Gasteiger partial charge in [-0.25, -0.2) is 0 Å². The summed E-state index contributed by atoms with van der Waals surface area (Å²) in [5.74, 6) is 0.0171. The topological polar surface area (TPSA) is 70.1 Å². The van der Waals surface area contributed by atoms with E-state index in [4.69, 9.17) is 4.74 Å². The van der Waals surface area contributed by atoms with Gasteiger partial charge in [-0.05, 0) is 26.2 Å². The van der Waals surface area contributed by atoms with Crippen LogP contribution in [0, 0.1) is 5.41 Å². The summed E-state index contributed by atoms with van der Waals surface area (Å²) in [4.78, 5) is 28.4. The van der Waals surface area contributed by atoms with Gasteiger partial charge in [0.2, 0.25) is 11.8 Å². The van der Waals surface area contributed by atoms with Crippen LogP contribution in [0.4, 0.5) is 0 Å². The molecule has 0 radical (unpaired) electrons. The first-order chi connectivity index (χ1) is 10.5. The first-order valence-corrected chi connectivity index (χ1v) is 8.39. The van der Waals surface area contributed by atoms with Crippen LogP contribution in [0.3, 0.4) is 0 Å². The molecule has 1 saturated carbocycles. The van der Waals surface area contributed by atoms with Crippen molar-refractivity contribution in [3.05, 3.63) is 0 Å². The molecule has 3 rings (SSSR count). The number of amides is 2. The summed E-state index contributed by atoms with van der Waals surface area (Å²) >= 11 is 0. The van der Waals surface area contributed by atoms with Gasteiger partial charge in [0.15, 0.2) is 0 Å². The van der Waals surface area contributed by atoms with Crippen molar-refractivity contribution >= 4 is 11.8 Å². The van der Waals surface area contributed by atoms with E-state index in [-0.39, 0.29) is 23.8 Å². The minimum absolute atomic E-state index is 0.00104. The maximum Gasteiger partial charge on any atom is 0.245 e. The number of carbonyl (C=O) groups excluding carboxylic acids is 2. The van der Waals surface area contributed by atoms with Crippen LogP contribution in [-0.2, 0) is 14.3 Å². The molecular weight excluding hydrogens is 284 g/mol. The Labute approximate surface area is 131 Å². The Morgan fingerprint density at radius 3 is 2.77 bits per heavy atom. The Kier molecular flexibility index (Phi) is 4.41. The van der Waals surface area contributed by atoms with E-state index in [0.717, 1.165) is 19.3 Å². The van der Waals surface area contributed by atoms with Crippen molar-refractivity contribution in [2.75, 3.05) is 32.8 Å². The number of piperazine rings is 1. The third-order valence-electron chi connectivity index (χ3n) is 5.37. The first-order valence-electron chi connectivity index (χ1n) is 8.39. The molecule has 3 aliphatic rings. The molecule has 6 nitrogen and oxygen atoms in total. The van der Waals surface area contributed by atoms with Crippen LogP contribution in [0.15, 0.2) is 0 Å². The largest absolute Gasteiger partial charge is 0.393 e. The molecule has 1 N–H and O–H groups in total. The number of hydrogen-bond acceptors (Lipinski definition) is 4. The van der Waals surface area contributed by atoms with Crippen molar-refractivity contribution in [2.45, 2.75) is 51.2 Å². The van der Waals surface area contributed by atoms with Crippen molar-refractivity contribution in [3.63, 3.8) is 0 Å². The van der Waals surface area contributed by atoms with Crippen LogP contribution in [0.2, 0.25) is 0 Å². The van der Waals surface area contributed by atoms with Gasteiger partial charge in [-0.15, -0.1) is 0 Å². The molecule has 2 aliphatic heterocycles. The molecule has 0 aromatic heterocycles. The number of rotatable bonds is 5. The molecule has 2 amide bonds. The number of fused-ring (bicyclic) bond motifs is 1. The van der Waals surface area contributed by atoms with E-state index in [1.807, 2.05) is 6.92 Å². The highest BCUT2D eigenvalue weighted by Crippen LogP contribution is 2.42. The molecule has 6 heteroatoms. The van der Waals surface area contributed by atoms with Gasteiger partial charge < -0.3 is 19.6 Å². The van der Waals surface area contributed by atoms with Gasteiger partial charge in [-0.1, -0.05) is 6.42 Å². The van der Waals surface area contributed by atoms with Crippen molar-refractivity contribution < 1.29 is 19.4 Å². The van der Waals surface area contributed by atoms with Crippen LogP contribution in [0.25, 0.3) is 0 Å². The fourth-order valence-electron chi connectivity index (χ4n) is 3.90. The van der Waals surface area contributed by atoms with Crippen LogP contribution in [-0.4, -0.2) is 71.7 Å². The summed E-state index contributed by atoms with van der Waals surface area (Å²) in [7, 11) is 0. The molecule has 22 heavy (non-hydrogen) atoms. The highest BCUT2D eigenvalue weighted by atomic mass is 16.5. The van der Waals surface area contributed by atoms with Crippen LogP contribution in [0.1, 0.15) is 39.0 Å². The zero-order valence-electron chi connectivity index (χ0n) is 13.3. The molecule has 0 spiro atoms. The fourth-order valence-corrected chi connectivity index (χ4v) is 3.90. The van der Waals surface area contributed by atoms with Gasteiger partial charge >= 0.3 is 0 Å². The van der Waals surface area contributed by atoms with Crippen LogP contribution >= 0.6 is 0 Å². The standard InChI is InChI=1S/C16H26N2O4/c1-2-22-11-16(5-3-6-16)10-17-9-14(20)18-7-4-12(19)8-13(18)15(17)21/h12-13,19H,2-11H2,1H3/t12-,13+/m1/s1. The van der Waals surface area contributed by atoms with Gasteiger partial charge in [0.05, 0.1) is 19.3 Å². The molecule has 2 saturated heterocycles. The Bertz CT molecular complexity index is 449. The predicted molar refractivity (Wildman–Crippen MR) is 80.1 cm³/mol. The Morgan fingerprint density at radius 1 is 1.36 bits per heavy atom. The lowest BCUT2D eigenvalue weighted by Gasteiger charge is -2.49. The average molecular weight is 310 g/mol. The molecule has 0 aromatic carbocycles. The van der Waals surface area contributed by atoms with E-state index in [1.165, 1.54) is 0 Å². The summed E-state index contributed by atoms with van der Waals surface area (Å²) in [5.41, 5.74) is 0.0292. The number of aliphatic hydroxyl groups is 1. The smallest absolute Gasteiger partial charge is 0.245 e. The van der Waals surface area contributed by atoms with E-state index >= 15 is 0 Å². The number of aliphatic hydroxyl groups excluding tert-OH is 1. The normalized spacial score (nSPS) is 31.0. The van der Waals surface area contributed by atoms with Crippen molar-refractivity contribution in [1.82, 2.24) is 9.80 Å². The highest BCUT2D eigenvalue weighted by Gasteiger charge is 2.46. The molecule has 3 fully saturated rings. The van der Waals surface area contributed by atoms with Crippen molar-refractivity contribution in [2.24, 2.45) is 5.41 Å². The second-order valence-electron chi connectivity index (χ2n) is 6.97. The van der Waals surface area contributed by atoms with Gasteiger partial charge in [-0.2, -0.15) is 0 Å². The molecule has 124 valence electrons. The molecule has 2 heterocycles. The summed E-state index contributed by atoms with van der Waals surface area (Å²) in [6, 6.07) is -0.464. The summed E-state index contributed by atoms with van der Waals surface area (Å²) in [6.07, 6.45) is 3.75. The maximum atomic E-state index is 12.7. The molecule has 0 unspecified atom stereocenters. The zero-order valence-corrected chi connectivity index (χ0v) is 13.3. The lowest BCUT2D eigenvalue weighted by molar-refractivity contribution is -0.163. The van der Waals surface area contributed by atoms with Crippen LogP contribution < -0.4 is 0 Å². The number of ether oxygens (including phenoxy) is 1. The Morgan fingerprint density at radius 2 is 2.14 bits per heavy atom. The summed E-state index contributed by atoms with van der Waals surface area (Å²) < 4.78 is 5.59. The lowest BCUT2D eigenvalue weighted by atomic mass is 9.69. The SMILES string of the molecule is CCOCC1(CN2CC(=O)N3CC[C@@H](O)C[C@H]3C2=O)CCC1. The first kappa shape index (κ1) is 15.7. The van der Waals surface area contributed by atoms with Gasteiger partial charge in [0.1, 0.15) is 6.04 Å². The van der Waals surface area contributed by atoms with E-state index in [0.29, 0.717) is 39.1 Å². The summed E-state index contributed by atoms with van der Waals surface area (Å²) in [5, 5.41) is 9.82. The average Bonchev–Trinajstić information content (AvgIpc) is 2.46. The molecule has 1 aliphatic carbocycles. The number of piperidine rings is 1. The van der Waals surface area contributed by atoms with E-state index in [1.54, 1.807) is 9.80 Å². The van der Waals surface area contributed by atoms with Gasteiger partial charge in [-0.3, -0.25) is 9.59 Å². The predicted octanol–water partition coefficient (Wildman–Crippen LogP) is 0.387. The van der Waals surface area contributed by atoms with Gasteiger partial charge in [0, 0.05) is 31.5 Å². The molecular formula is C16H26N2O4. The van der Waals surface area contributed by atoms with E-state index < -0.39 is 12.1 Å². The lowest BCUT2D eigenvalue weighted by Crippen LogP contribution is -2.64. The molecule has 0 aromatic rings. The Hall–Kier alpha value is -1.14. The van der Waals surface area contributed by atoms with Crippen molar-refractivity contribution in [3.8, 4) is 0 Å². The minimum atomic E-state index is -0.473. The van der Waals surface area contributed by atoms with Crippen LogP contribution in [0.5, 0.6) is 0 Å². The van der Waals surface area contributed by atoms with Crippen molar-refractivity contribution in [1.29, 1.82) is 0 Å². The Balaban J connectivity index is 1.69. The molecule has 0 bridgehead atoms. The minimum Gasteiger partial charge on any atom is -0.393 e. The molecule has 2 atom stereocenters. The van der Waals surface area contributed by atoms with Gasteiger partial charge in [0.25, 0.3) is 0 Å². The second-order valence-corrected chi connectivity index (χ2v) is 6.97. The van der Waals surface area contributed by atoms with E-state index in [2.05, 4.69) is 0 Å². The summed E-state index contributed by atoms with van der Waals surface area (Å²) in [6.45, 7) is 4.60. The monoisotopic (exact) mass is 310 g/mol. The number of carbonyl (C=O) groups is 2. The quantitative estimate of drug-likeness (QED) is 0.797. The highest BCUT2D eigenvalue weighted by molar-refractivity contribution is 5.95.